The first-order chi connectivity index (χ1) is 10.2. The summed E-state index contributed by atoms with van der Waals surface area (Å²) >= 11 is 1.42. The SMILES string of the molecule is CCCCCCCN(CCCO)C(=O)c1csc(CN)n1. The number of amides is 1. The summed E-state index contributed by atoms with van der Waals surface area (Å²) in [6.07, 6.45) is 6.43. The van der Waals surface area contributed by atoms with E-state index in [4.69, 9.17) is 10.8 Å². The Morgan fingerprint density at radius 3 is 2.62 bits per heavy atom. The van der Waals surface area contributed by atoms with Crippen molar-refractivity contribution in [2.75, 3.05) is 19.7 Å². The molecule has 0 aliphatic rings. The summed E-state index contributed by atoms with van der Waals surface area (Å²) in [5.74, 6) is -0.0464. The normalized spacial score (nSPS) is 10.8. The van der Waals surface area contributed by atoms with E-state index in [1.165, 1.54) is 30.6 Å². The van der Waals surface area contributed by atoms with Crippen molar-refractivity contribution in [3.63, 3.8) is 0 Å². The predicted molar refractivity (Wildman–Crippen MR) is 86.4 cm³/mol. The van der Waals surface area contributed by atoms with E-state index < -0.39 is 0 Å². The summed E-state index contributed by atoms with van der Waals surface area (Å²) < 4.78 is 0. The van der Waals surface area contributed by atoms with Crippen LogP contribution in [0.2, 0.25) is 0 Å². The lowest BCUT2D eigenvalue weighted by molar-refractivity contribution is 0.0736. The molecule has 0 spiro atoms. The van der Waals surface area contributed by atoms with Crippen LogP contribution in [0.1, 0.15) is 60.9 Å². The van der Waals surface area contributed by atoms with Crippen LogP contribution in [0, 0.1) is 0 Å². The second-order valence-electron chi connectivity index (χ2n) is 5.11. The van der Waals surface area contributed by atoms with Crippen LogP contribution in [0.3, 0.4) is 0 Å². The standard InChI is InChI=1S/C15H27N3O2S/c1-2-3-4-5-6-8-18(9-7-10-19)15(20)13-12-21-14(11-16)17-13/h12,19H,2-11,16H2,1H3. The van der Waals surface area contributed by atoms with E-state index in [1.807, 2.05) is 0 Å². The molecule has 0 bridgehead atoms. The summed E-state index contributed by atoms with van der Waals surface area (Å²) in [5.41, 5.74) is 6.01. The first kappa shape index (κ1) is 18.1. The fraction of sp³-hybridized carbons (Fsp3) is 0.733. The molecule has 0 aliphatic heterocycles. The Labute approximate surface area is 131 Å². The van der Waals surface area contributed by atoms with Gasteiger partial charge < -0.3 is 15.7 Å². The van der Waals surface area contributed by atoms with E-state index in [9.17, 15) is 4.79 Å². The van der Waals surface area contributed by atoms with Crippen LogP contribution in [-0.2, 0) is 6.54 Å². The van der Waals surface area contributed by atoms with Crippen molar-refractivity contribution in [2.45, 2.75) is 52.0 Å². The molecule has 0 saturated heterocycles. The molecule has 0 aromatic carbocycles. The second kappa shape index (κ2) is 10.7. The summed E-state index contributed by atoms with van der Waals surface area (Å²) in [7, 11) is 0. The van der Waals surface area contributed by atoms with Crippen molar-refractivity contribution in [3.05, 3.63) is 16.1 Å². The van der Waals surface area contributed by atoms with Gasteiger partial charge in [-0.3, -0.25) is 4.79 Å². The number of rotatable bonds is 11. The molecule has 6 heteroatoms. The van der Waals surface area contributed by atoms with Gasteiger partial charge in [-0.15, -0.1) is 11.3 Å². The molecule has 1 heterocycles. The number of hydrogen-bond donors (Lipinski definition) is 2. The quantitative estimate of drug-likeness (QED) is 0.615. The Morgan fingerprint density at radius 1 is 1.29 bits per heavy atom. The number of thiazole rings is 1. The van der Waals surface area contributed by atoms with E-state index in [-0.39, 0.29) is 12.5 Å². The van der Waals surface area contributed by atoms with E-state index in [0.29, 0.717) is 25.2 Å². The molecule has 0 aliphatic carbocycles. The number of carbonyl (C=O) groups excluding carboxylic acids is 1. The Kier molecular flexibility index (Phi) is 9.21. The average molecular weight is 313 g/mol. The zero-order chi connectivity index (χ0) is 15.5. The van der Waals surface area contributed by atoms with Crippen LogP contribution in [-0.4, -0.2) is 40.6 Å². The van der Waals surface area contributed by atoms with Crippen LogP contribution < -0.4 is 5.73 Å². The van der Waals surface area contributed by atoms with Crippen LogP contribution in [0.4, 0.5) is 0 Å². The Hall–Kier alpha value is -0.980. The third-order valence-corrected chi connectivity index (χ3v) is 4.22. The van der Waals surface area contributed by atoms with Gasteiger partial charge in [0.25, 0.3) is 5.91 Å². The fourth-order valence-corrected chi connectivity index (χ4v) is 2.80. The number of aliphatic hydroxyl groups is 1. The van der Waals surface area contributed by atoms with Gasteiger partial charge in [0, 0.05) is 31.6 Å². The third-order valence-electron chi connectivity index (χ3n) is 3.35. The first-order valence-electron chi connectivity index (χ1n) is 7.77. The Bertz CT molecular complexity index is 409. The molecular weight excluding hydrogens is 286 g/mol. The minimum atomic E-state index is -0.0464. The summed E-state index contributed by atoms with van der Waals surface area (Å²) in [4.78, 5) is 18.5. The number of nitrogens with two attached hydrogens (primary N) is 1. The second-order valence-corrected chi connectivity index (χ2v) is 6.06. The van der Waals surface area contributed by atoms with Crippen molar-refractivity contribution in [2.24, 2.45) is 5.73 Å². The van der Waals surface area contributed by atoms with E-state index >= 15 is 0 Å². The molecule has 0 fully saturated rings. The average Bonchev–Trinajstić information content (AvgIpc) is 2.98. The molecule has 21 heavy (non-hydrogen) atoms. The molecule has 1 amide bonds. The van der Waals surface area contributed by atoms with Crippen molar-refractivity contribution < 1.29 is 9.90 Å². The number of unbranched alkanes of at least 4 members (excludes halogenated alkanes) is 4. The van der Waals surface area contributed by atoms with Crippen molar-refractivity contribution >= 4 is 17.2 Å². The number of hydrogen-bond acceptors (Lipinski definition) is 5. The molecule has 1 aromatic rings. The Balaban J connectivity index is 2.52. The van der Waals surface area contributed by atoms with Gasteiger partial charge in [-0.1, -0.05) is 32.6 Å². The molecule has 0 unspecified atom stereocenters. The summed E-state index contributed by atoms with van der Waals surface area (Å²) in [6.45, 7) is 3.97. The zero-order valence-corrected chi connectivity index (χ0v) is 13.7. The van der Waals surface area contributed by atoms with Crippen LogP contribution >= 0.6 is 11.3 Å². The summed E-state index contributed by atoms with van der Waals surface area (Å²) in [6, 6.07) is 0. The van der Waals surface area contributed by atoms with Crippen molar-refractivity contribution in [3.8, 4) is 0 Å². The van der Waals surface area contributed by atoms with Gasteiger partial charge in [-0.25, -0.2) is 4.98 Å². The number of aromatic nitrogens is 1. The monoisotopic (exact) mass is 313 g/mol. The smallest absolute Gasteiger partial charge is 0.273 e. The molecule has 120 valence electrons. The van der Waals surface area contributed by atoms with Gasteiger partial charge in [0.05, 0.1) is 0 Å². The lowest BCUT2D eigenvalue weighted by Crippen LogP contribution is -2.33. The molecular formula is C15H27N3O2S. The minimum Gasteiger partial charge on any atom is -0.396 e. The highest BCUT2D eigenvalue weighted by atomic mass is 32.1. The van der Waals surface area contributed by atoms with Gasteiger partial charge in [-0.2, -0.15) is 0 Å². The third kappa shape index (κ3) is 6.54. The van der Waals surface area contributed by atoms with Crippen molar-refractivity contribution in [1.82, 2.24) is 9.88 Å². The zero-order valence-electron chi connectivity index (χ0n) is 12.9. The number of nitrogens with zero attached hydrogens (tertiary/aromatic N) is 2. The van der Waals surface area contributed by atoms with Gasteiger partial charge in [0.15, 0.2) is 0 Å². The minimum absolute atomic E-state index is 0.0464. The summed E-state index contributed by atoms with van der Waals surface area (Å²) in [5, 5.41) is 11.5. The van der Waals surface area contributed by atoms with Crippen LogP contribution in [0.15, 0.2) is 5.38 Å². The van der Waals surface area contributed by atoms with E-state index in [0.717, 1.165) is 24.4 Å². The highest BCUT2D eigenvalue weighted by Crippen LogP contribution is 2.13. The lowest BCUT2D eigenvalue weighted by Gasteiger charge is -2.21. The molecule has 3 N–H and O–H groups in total. The van der Waals surface area contributed by atoms with E-state index in [2.05, 4.69) is 11.9 Å². The largest absolute Gasteiger partial charge is 0.396 e. The van der Waals surface area contributed by atoms with Gasteiger partial charge in [-0.05, 0) is 12.8 Å². The topological polar surface area (TPSA) is 79.5 Å². The highest BCUT2D eigenvalue weighted by Gasteiger charge is 2.17. The van der Waals surface area contributed by atoms with Crippen molar-refractivity contribution in [1.29, 1.82) is 0 Å². The molecule has 5 nitrogen and oxygen atoms in total. The number of carbonyl (C=O) groups is 1. The van der Waals surface area contributed by atoms with E-state index in [1.54, 1.807) is 10.3 Å². The maximum absolute atomic E-state index is 12.4. The molecule has 0 atom stereocenters. The van der Waals surface area contributed by atoms with Gasteiger partial charge >= 0.3 is 0 Å². The molecule has 1 aromatic heterocycles. The maximum Gasteiger partial charge on any atom is 0.273 e. The van der Waals surface area contributed by atoms with Crippen LogP contribution in [0.25, 0.3) is 0 Å². The maximum atomic E-state index is 12.4. The van der Waals surface area contributed by atoms with Gasteiger partial charge in [0.2, 0.25) is 0 Å². The van der Waals surface area contributed by atoms with Gasteiger partial charge in [0.1, 0.15) is 10.7 Å². The fourth-order valence-electron chi connectivity index (χ4n) is 2.15. The highest BCUT2D eigenvalue weighted by molar-refractivity contribution is 7.09. The van der Waals surface area contributed by atoms with Crippen LogP contribution in [0.5, 0.6) is 0 Å². The predicted octanol–water partition coefficient (Wildman–Crippen LogP) is 2.40. The molecule has 0 radical (unpaired) electrons. The first-order valence-corrected chi connectivity index (χ1v) is 8.65. The lowest BCUT2D eigenvalue weighted by atomic mass is 10.1. The molecule has 1 rings (SSSR count). The Morgan fingerprint density at radius 2 is 2.00 bits per heavy atom. The number of aliphatic hydroxyl groups excluding tert-OH is 1. The molecule has 0 saturated carbocycles.